The lowest BCUT2D eigenvalue weighted by Gasteiger charge is -2.17. The van der Waals surface area contributed by atoms with Gasteiger partial charge in [-0.2, -0.15) is 0 Å². The molecule has 1 aromatic rings. The van der Waals surface area contributed by atoms with Gasteiger partial charge in [-0.25, -0.2) is 8.42 Å². The Kier molecular flexibility index (Phi) is 2.65. The molecule has 0 saturated carbocycles. The van der Waals surface area contributed by atoms with E-state index in [1.807, 2.05) is 13.8 Å². The Morgan fingerprint density at radius 2 is 1.93 bits per heavy atom. The number of rotatable bonds is 2. The van der Waals surface area contributed by atoms with Crippen LogP contribution in [0.1, 0.15) is 19.5 Å². The van der Waals surface area contributed by atoms with Crippen molar-refractivity contribution in [2.45, 2.75) is 24.3 Å². The lowest BCUT2D eigenvalue weighted by molar-refractivity contribution is 0.533. The maximum absolute atomic E-state index is 11.1. The number of nitrogens with two attached hydrogens (primary N) is 1. The van der Waals surface area contributed by atoms with Gasteiger partial charge in [-0.1, -0.05) is 0 Å². The molecule has 0 unspecified atom stereocenters. The van der Waals surface area contributed by atoms with Crippen LogP contribution in [0, 0.1) is 0 Å². The lowest BCUT2D eigenvalue weighted by atomic mass is 10.0. The monoisotopic (exact) mass is 214 g/mol. The van der Waals surface area contributed by atoms with Crippen LogP contribution in [0.5, 0.6) is 0 Å². The van der Waals surface area contributed by atoms with Crippen molar-refractivity contribution < 1.29 is 8.42 Å². The SMILES string of the molecule is CC(C)(N)c1ccc(S(C)(=O)=O)cn1. The molecule has 78 valence electrons. The maximum atomic E-state index is 11.1. The molecule has 0 bridgehead atoms. The average Bonchev–Trinajstić information content (AvgIpc) is 2.01. The van der Waals surface area contributed by atoms with Gasteiger partial charge in [0, 0.05) is 12.5 Å². The minimum absolute atomic E-state index is 0.213. The van der Waals surface area contributed by atoms with E-state index in [9.17, 15) is 8.42 Å². The molecule has 5 heteroatoms. The van der Waals surface area contributed by atoms with Crippen LogP contribution in [-0.4, -0.2) is 19.7 Å². The first-order chi connectivity index (χ1) is 6.21. The van der Waals surface area contributed by atoms with Crippen LogP contribution in [0.15, 0.2) is 23.2 Å². The van der Waals surface area contributed by atoms with Crippen molar-refractivity contribution in [3.8, 4) is 0 Å². The summed E-state index contributed by atoms with van der Waals surface area (Å²) in [4.78, 5) is 4.23. The van der Waals surface area contributed by atoms with E-state index in [1.165, 1.54) is 12.3 Å². The van der Waals surface area contributed by atoms with Gasteiger partial charge in [0.2, 0.25) is 0 Å². The number of nitrogens with zero attached hydrogens (tertiary/aromatic N) is 1. The molecule has 0 aliphatic carbocycles. The van der Waals surface area contributed by atoms with Crippen molar-refractivity contribution in [2.75, 3.05) is 6.26 Å². The normalized spacial score (nSPS) is 12.9. The third-order valence-corrected chi connectivity index (χ3v) is 2.92. The Balaban J connectivity index is 3.14. The molecule has 0 aliphatic rings. The van der Waals surface area contributed by atoms with Gasteiger partial charge in [0.15, 0.2) is 9.84 Å². The summed E-state index contributed by atoms with van der Waals surface area (Å²) in [7, 11) is -3.17. The molecule has 1 heterocycles. The van der Waals surface area contributed by atoms with Gasteiger partial charge in [0.05, 0.1) is 16.1 Å². The summed E-state index contributed by atoms with van der Waals surface area (Å²) in [6.07, 6.45) is 2.48. The molecule has 0 saturated heterocycles. The summed E-state index contributed by atoms with van der Waals surface area (Å²) in [6, 6.07) is 3.16. The molecule has 2 N–H and O–H groups in total. The Labute approximate surface area is 84.1 Å². The van der Waals surface area contributed by atoms with E-state index >= 15 is 0 Å². The zero-order chi connectivity index (χ0) is 11.0. The Morgan fingerprint density at radius 1 is 1.36 bits per heavy atom. The first-order valence-corrected chi connectivity index (χ1v) is 6.06. The van der Waals surface area contributed by atoms with E-state index in [4.69, 9.17) is 5.73 Å². The highest BCUT2D eigenvalue weighted by Crippen LogP contribution is 2.15. The summed E-state index contributed by atoms with van der Waals surface area (Å²) >= 11 is 0. The molecule has 1 rings (SSSR count). The molecule has 0 spiro atoms. The standard InChI is InChI=1S/C9H14N2O2S/c1-9(2,10)8-5-4-7(6-11-8)14(3,12)13/h4-6H,10H2,1-3H3. The van der Waals surface area contributed by atoms with E-state index in [0.29, 0.717) is 5.69 Å². The van der Waals surface area contributed by atoms with Gasteiger partial charge >= 0.3 is 0 Å². The van der Waals surface area contributed by atoms with Crippen LogP contribution < -0.4 is 5.73 Å². The van der Waals surface area contributed by atoms with Crippen LogP contribution in [-0.2, 0) is 15.4 Å². The fraction of sp³-hybridized carbons (Fsp3) is 0.444. The van der Waals surface area contributed by atoms with Crippen molar-refractivity contribution in [3.05, 3.63) is 24.0 Å². The van der Waals surface area contributed by atoms with Crippen LogP contribution >= 0.6 is 0 Å². The second-order valence-electron chi connectivity index (χ2n) is 3.87. The first-order valence-electron chi connectivity index (χ1n) is 4.17. The number of hydrogen-bond acceptors (Lipinski definition) is 4. The van der Waals surface area contributed by atoms with Crippen LogP contribution in [0.25, 0.3) is 0 Å². The molecular weight excluding hydrogens is 200 g/mol. The van der Waals surface area contributed by atoms with Gasteiger partial charge in [0.25, 0.3) is 0 Å². The minimum atomic E-state index is -3.17. The molecule has 0 aromatic carbocycles. The summed E-state index contributed by atoms with van der Waals surface area (Å²) in [6.45, 7) is 3.63. The predicted molar refractivity (Wildman–Crippen MR) is 54.6 cm³/mol. The summed E-state index contributed by atoms with van der Waals surface area (Å²) in [5.74, 6) is 0. The Bertz CT molecular complexity index is 415. The highest BCUT2D eigenvalue weighted by molar-refractivity contribution is 7.90. The van der Waals surface area contributed by atoms with Crippen LogP contribution in [0.4, 0.5) is 0 Å². The van der Waals surface area contributed by atoms with E-state index in [2.05, 4.69) is 4.98 Å². The van der Waals surface area contributed by atoms with Gasteiger partial charge in [0.1, 0.15) is 0 Å². The zero-order valence-electron chi connectivity index (χ0n) is 8.48. The highest BCUT2D eigenvalue weighted by atomic mass is 32.2. The predicted octanol–water partition coefficient (Wildman–Crippen LogP) is 0.679. The van der Waals surface area contributed by atoms with Crippen molar-refractivity contribution in [1.82, 2.24) is 4.98 Å². The molecule has 0 atom stereocenters. The van der Waals surface area contributed by atoms with Crippen molar-refractivity contribution in [1.29, 1.82) is 0 Å². The van der Waals surface area contributed by atoms with Crippen molar-refractivity contribution in [2.24, 2.45) is 5.73 Å². The van der Waals surface area contributed by atoms with Crippen LogP contribution in [0.3, 0.4) is 0 Å². The quantitative estimate of drug-likeness (QED) is 0.785. The summed E-state index contributed by atoms with van der Waals surface area (Å²) < 4.78 is 22.2. The fourth-order valence-electron chi connectivity index (χ4n) is 0.981. The molecule has 0 aliphatic heterocycles. The molecule has 0 amide bonds. The maximum Gasteiger partial charge on any atom is 0.177 e. The average molecular weight is 214 g/mol. The van der Waals surface area contributed by atoms with Crippen molar-refractivity contribution >= 4 is 9.84 Å². The third kappa shape index (κ3) is 2.52. The molecule has 4 nitrogen and oxygen atoms in total. The minimum Gasteiger partial charge on any atom is -0.321 e. The summed E-state index contributed by atoms with van der Waals surface area (Å²) in [5, 5.41) is 0. The smallest absolute Gasteiger partial charge is 0.177 e. The van der Waals surface area contributed by atoms with Gasteiger partial charge < -0.3 is 5.73 Å². The summed E-state index contributed by atoms with van der Waals surface area (Å²) in [5.41, 5.74) is 5.93. The second-order valence-corrected chi connectivity index (χ2v) is 5.89. The van der Waals surface area contributed by atoms with Crippen molar-refractivity contribution in [3.63, 3.8) is 0 Å². The molecule has 14 heavy (non-hydrogen) atoms. The fourth-order valence-corrected chi connectivity index (χ4v) is 1.54. The highest BCUT2D eigenvalue weighted by Gasteiger charge is 2.16. The number of sulfone groups is 1. The molecule has 0 fully saturated rings. The number of pyridine rings is 1. The van der Waals surface area contributed by atoms with E-state index in [0.717, 1.165) is 6.26 Å². The Hall–Kier alpha value is -0.940. The second kappa shape index (κ2) is 3.33. The zero-order valence-corrected chi connectivity index (χ0v) is 9.30. The topological polar surface area (TPSA) is 73.1 Å². The van der Waals surface area contributed by atoms with Gasteiger partial charge in [-0.05, 0) is 26.0 Å². The number of aromatic nitrogens is 1. The first kappa shape index (κ1) is 11.1. The van der Waals surface area contributed by atoms with E-state index < -0.39 is 15.4 Å². The van der Waals surface area contributed by atoms with E-state index in [1.54, 1.807) is 6.07 Å². The van der Waals surface area contributed by atoms with Gasteiger partial charge in [-0.15, -0.1) is 0 Å². The van der Waals surface area contributed by atoms with E-state index in [-0.39, 0.29) is 4.90 Å². The molecule has 0 radical (unpaired) electrons. The largest absolute Gasteiger partial charge is 0.321 e. The third-order valence-electron chi connectivity index (χ3n) is 1.82. The Morgan fingerprint density at radius 3 is 2.21 bits per heavy atom. The molecule has 1 aromatic heterocycles. The molecular formula is C9H14N2O2S. The van der Waals surface area contributed by atoms with Gasteiger partial charge in [-0.3, -0.25) is 4.98 Å². The lowest BCUT2D eigenvalue weighted by Crippen LogP contribution is -2.29. The number of hydrogen-bond donors (Lipinski definition) is 1. The van der Waals surface area contributed by atoms with Crippen LogP contribution in [0.2, 0.25) is 0 Å².